The molecule has 0 saturated carbocycles. The Morgan fingerprint density at radius 3 is 2.63 bits per heavy atom. The quantitative estimate of drug-likeness (QED) is 0.779. The SMILES string of the molecule is CCCN(CC(C)(C)CN)c1cccc(C(N)=O)n1. The van der Waals surface area contributed by atoms with Gasteiger partial charge in [-0.3, -0.25) is 4.79 Å². The van der Waals surface area contributed by atoms with E-state index in [2.05, 4.69) is 30.7 Å². The molecular formula is C14H24N4O. The lowest BCUT2D eigenvalue weighted by molar-refractivity contribution is 0.0995. The molecule has 1 heterocycles. The zero-order valence-electron chi connectivity index (χ0n) is 12.0. The van der Waals surface area contributed by atoms with Crippen molar-refractivity contribution < 1.29 is 4.79 Å². The fourth-order valence-corrected chi connectivity index (χ4v) is 1.86. The van der Waals surface area contributed by atoms with Crippen molar-refractivity contribution in [2.24, 2.45) is 16.9 Å². The van der Waals surface area contributed by atoms with Gasteiger partial charge in [0, 0.05) is 13.1 Å². The first-order valence-corrected chi connectivity index (χ1v) is 6.61. The van der Waals surface area contributed by atoms with Crippen molar-refractivity contribution in [3.8, 4) is 0 Å². The van der Waals surface area contributed by atoms with E-state index in [-0.39, 0.29) is 5.41 Å². The summed E-state index contributed by atoms with van der Waals surface area (Å²) in [5.74, 6) is 0.274. The maximum Gasteiger partial charge on any atom is 0.267 e. The first kappa shape index (κ1) is 15.4. The Kier molecular flexibility index (Phi) is 5.30. The number of aromatic nitrogens is 1. The van der Waals surface area contributed by atoms with E-state index in [1.807, 2.05) is 6.07 Å². The number of nitrogens with two attached hydrogens (primary N) is 2. The molecule has 0 spiro atoms. The largest absolute Gasteiger partial charge is 0.364 e. The molecule has 0 unspecified atom stereocenters. The fraction of sp³-hybridized carbons (Fsp3) is 0.571. The van der Waals surface area contributed by atoms with E-state index in [4.69, 9.17) is 11.5 Å². The highest BCUT2D eigenvalue weighted by Crippen LogP contribution is 2.20. The molecule has 0 bridgehead atoms. The maximum atomic E-state index is 11.2. The van der Waals surface area contributed by atoms with Crippen LogP contribution in [0.15, 0.2) is 18.2 Å². The summed E-state index contributed by atoms with van der Waals surface area (Å²) < 4.78 is 0. The number of hydrogen-bond donors (Lipinski definition) is 2. The van der Waals surface area contributed by atoms with Gasteiger partial charge in [-0.25, -0.2) is 4.98 Å². The van der Waals surface area contributed by atoms with Gasteiger partial charge in [0.15, 0.2) is 0 Å². The van der Waals surface area contributed by atoms with Crippen molar-refractivity contribution in [3.63, 3.8) is 0 Å². The molecule has 0 aliphatic heterocycles. The summed E-state index contributed by atoms with van der Waals surface area (Å²) in [7, 11) is 0. The summed E-state index contributed by atoms with van der Waals surface area (Å²) in [5, 5.41) is 0. The van der Waals surface area contributed by atoms with Gasteiger partial charge in [-0.1, -0.05) is 26.8 Å². The number of hydrogen-bond acceptors (Lipinski definition) is 4. The summed E-state index contributed by atoms with van der Waals surface area (Å²) in [5.41, 5.74) is 11.4. The summed E-state index contributed by atoms with van der Waals surface area (Å²) in [6.45, 7) is 8.62. The minimum atomic E-state index is -0.503. The van der Waals surface area contributed by atoms with Crippen LogP contribution in [0, 0.1) is 5.41 Å². The van der Waals surface area contributed by atoms with Crippen molar-refractivity contribution in [2.45, 2.75) is 27.2 Å². The minimum absolute atomic E-state index is 0.000418. The lowest BCUT2D eigenvalue weighted by Crippen LogP contribution is -2.39. The molecule has 0 saturated heterocycles. The molecule has 5 nitrogen and oxygen atoms in total. The Morgan fingerprint density at radius 1 is 1.42 bits per heavy atom. The van der Waals surface area contributed by atoms with Gasteiger partial charge in [0.2, 0.25) is 0 Å². The van der Waals surface area contributed by atoms with Crippen molar-refractivity contribution in [1.29, 1.82) is 0 Å². The van der Waals surface area contributed by atoms with E-state index in [1.54, 1.807) is 12.1 Å². The lowest BCUT2D eigenvalue weighted by Gasteiger charge is -2.32. The number of amides is 1. The second kappa shape index (κ2) is 6.52. The predicted octanol–water partition coefficient (Wildman–Crippen LogP) is 1.38. The molecule has 5 heteroatoms. The van der Waals surface area contributed by atoms with Crippen LogP contribution in [0.2, 0.25) is 0 Å². The third-order valence-corrected chi connectivity index (χ3v) is 2.98. The van der Waals surface area contributed by atoms with E-state index in [1.165, 1.54) is 0 Å². The number of nitrogens with zero attached hydrogens (tertiary/aromatic N) is 2. The van der Waals surface area contributed by atoms with E-state index in [9.17, 15) is 4.79 Å². The third kappa shape index (κ3) is 4.52. The van der Waals surface area contributed by atoms with Gasteiger partial charge < -0.3 is 16.4 Å². The highest BCUT2D eigenvalue weighted by atomic mass is 16.1. The Morgan fingerprint density at radius 2 is 2.11 bits per heavy atom. The van der Waals surface area contributed by atoms with Crippen LogP contribution in [-0.2, 0) is 0 Å². The van der Waals surface area contributed by atoms with Gasteiger partial charge in [0.05, 0.1) is 0 Å². The standard InChI is InChI=1S/C14H24N4O/c1-4-8-18(10-14(2,3)9-15)12-7-5-6-11(17-12)13(16)19/h5-7H,4,8-10,15H2,1-3H3,(H2,16,19). The van der Waals surface area contributed by atoms with Crippen LogP contribution in [0.1, 0.15) is 37.7 Å². The van der Waals surface area contributed by atoms with E-state index in [0.29, 0.717) is 12.2 Å². The van der Waals surface area contributed by atoms with Gasteiger partial charge >= 0.3 is 0 Å². The maximum absolute atomic E-state index is 11.2. The highest BCUT2D eigenvalue weighted by molar-refractivity contribution is 5.91. The summed E-state index contributed by atoms with van der Waals surface area (Å²) in [6, 6.07) is 5.33. The van der Waals surface area contributed by atoms with Crippen LogP contribution in [0.5, 0.6) is 0 Å². The first-order valence-electron chi connectivity index (χ1n) is 6.61. The number of anilines is 1. The Labute approximate surface area is 115 Å². The van der Waals surface area contributed by atoms with Gasteiger partial charge in [-0.2, -0.15) is 0 Å². The number of carbonyl (C=O) groups is 1. The Balaban J connectivity index is 2.98. The third-order valence-electron chi connectivity index (χ3n) is 2.98. The molecule has 1 aromatic heterocycles. The minimum Gasteiger partial charge on any atom is -0.364 e. The van der Waals surface area contributed by atoms with Crippen LogP contribution in [0.3, 0.4) is 0 Å². The molecule has 4 N–H and O–H groups in total. The van der Waals surface area contributed by atoms with Gasteiger partial charge in [0.25, 0.3) is 5.91 Å². The molecule has 19 heavy (non-hydrogen) atoms. The monoisotopic (exact) mass is 264 g/mol. The molecule has 0 aliphatic carbocycles. The molecule has 0 radical (unpaired) electrons. The fourth-order valence-electron chi connectivity index (χ4n) is 1.86. The molecule has 1 aromatic rings. The van der Waals surface area contributed by atoms with Gasteiger partial charge in [-0.05, 0) is 30.5 Å². The number of primary amides is 1. The second-order valence-corrected chi connectivity index (χ2v) is 5.54. The molecule has 1 rings (SSSR count). The van der Waals surface area contributed by atoms with Gasteiger partial charge in [-0.15, -0.1) is 0 Å². The first-order chi connectivity index (χ1) is 8.89. The molecule has 106 valence electrons. The van der Waals surface area contributed by atoms with Crippen LogP contribution < -0.4 is 16.4 Å². The van der Waals surface area contributed by atoms with Crippen LogP contribution >= 0.6 is 0 Å². The molecule has 1 amide bonds. The average molecular weight is 264 g/mol. The van der Waals surface area contributed by atoms with E-state index in [0.717, 1.165) is 25.3 Å². The van der Waals surface area contributed by atoms with E-state index < -0.39 is 5.91 Å². The highest BCUT2D eigenvalue weighted by Gasteiger charge is 2.21. The van der Waals surface area contributed by atoms with Crippen molar-refractivity contribution >= 4 is 11.7 Å². The van der Waals surface area contributed by atoms with Crippen molar-refractivity contribution in [2.75, 3.05) is 24.5 Å². The van der Waals surface area contributed by atoms with Crippen molar-refractivity contribution in [3.05, 3.63) is 23.9 Å². The zero-order valence-corrected chi connectivity index (χ0v) is 12.0. The predicted molar refractivity (Wildman–Crippen MR) is 78.1 cm³/mol. The summed E-state index contributed by atoms with van der Waals surface area (Å²) in [4.78, 5) is 17.7. The topological polar surface area (TPSA) is 85.2 Å². The van der Waals surface area contributed by atoms with Crippen LogP contribution in [0.25, 0.3) is 0 Å². The molecule has 0 atom stereocenters. The molecule has 0 aromatic carbocycles. The molecule has 0 fully saturated rings. The van der Waals surface area contributed by atoms with Crippen LogP contribution in [-0.4, -0.2) is 30.5 Å². The van der Waals surface area contributed by atoms with Gasteiger partial charge in [0.1, 0.15) is 11.5 Å². The second-order valence-electron chi connectivity index (χ2n) is 5.54. The molecule has 0 aliphatic rings. The Hall–Kier alpha value is -1.62. The average Bonchev–Trinajstić information content (AvgIpc) is 2.38. The van der Waals surface area contributed by atoms with E-state index >= 15 is 0 Å². The number of pyridine rings is 1. The number of rotatable bonds is 7. The summed E-state index contributed by atoms with van der Waals surface area (Å²) >= 11 is 0. The molecular weight excluding hydrogens is 240 g/mol. The lowest BCUT2D eigenvalue weighted by atomic mass is 9.93. The van der Waals surface area contributed by atoms with Crippen LogP contribution in [0.4, 0.5) is 5.82 Å². The normalized spacial score (nSPS) is 11.4. The Bertz CT molecular complexity index is 431. The summed E-state index contributed by atoms with van der Waals surface area (Å²) in [6.07, 6.45) is 1.00. The van der Waals surface area contributed by atoms with Crippen molar-refractivity contribution in [1.82, 2.24) is 4.98 Å². The smallest absolute Gasteiger partial charge is 0.267 e. The zero-order chi connectivity index (χ0) is 14.5. The number of carbonyl (C=O) groups excluding carboxylic acids is 1.